The van der Waals surface area contributed by atoms with Crippen LogP contribution in [0.4, 0.5) is 5.95 Å². The van der Waals surface area contributed by atoms with Crippen molar-refractivity contribution in [3.8, 4) is 0 Å². The molecule has 1 fully saturated rings. The lowest BCUT2D eigenvalue weighted by molar-refractivity contribution is 0.202. The van der Waals surface area contributed by atoms with Crippen LogP contribution in [0.3, 0.4) is 0 Å². The van der Waals surface area contributed by atoms with Crippen LogP contribution in [0.25, 0.3) is 0 Å². The van der Waals surface area contributed by atoms with E-state index in [1.807, 2.05) is 20.2 Å². The van der Waals surface area contributed by atoms with E-state index in [1.54, 1.807) is 7.11 Å². The molecule has 1 N–H and O–H groups in total. The molecule has 1 atom stereocenters. The van der Waals surface area contributed by atoms with Crippen molar-refractivity contribution in [1.82, 2.24) is 15.3 Å². The second-order valence-corrected chi connectivity index (χ2v) is 5.58. The first-order valence-corrected chi connectivity index (χ1v) is 7.40. The largest absolute Gasteiger partial charge is 0.383 e. The molecule has 5 heteroatoms. The Balaban J connectivity index is 2.16. The Hall–Kier alpha value is -1.20. The quantitative estimate of drug-likeness (QED) is 0.785. The smallest absolute Gasteiger partial charge is 0.225 e. The third-order valence-electron chi connectivity index (χ3n) is 4.02. The van der Waals surface area contributed by atoms with Crippen LogP contribution < -0.4 is 10.2 Å². The molecular formula is C15H26N4O. The van der Waals surface area contributed by atoms with Gasteiger partial charge in [0.15, 0.2) is 0 Å². The zero-order chi connectivity index (χ0) is 14.5. The monoisotopic (exact) mass is 278 g/mol. The Morgan fingerprint density at radius 2 is 2.25 bits per heavy atom. The number of aryl methyl sites for hydroxylation is 1. The lowest BCUT2D eigenvalue weighted by Crippen LogP contribution is -2.38. The minimum Gasteiger partial charge on any atom is -0.383 e. The van der Waals surface area contributed by atoms with Crippen molar-refractivity contribution in [3.05, 3.63) is 17.5 Å². The molecule has 1 unspecified atom stereocenters. The molecule has 1 aliphatic rings. The number of nitrogens with zero attached hydrogens (tertiary/aromatic N) is 3. The van der Waals surface area contributed by atoms with Crippen molar-refractivity contribution in [2.45, 2.75) is 39.3 Å². The minimum atomic E-state index is 0.486. The molecule has 0 amide bonds. The van der Waals surface area contributed by atoms with E-state index in [-0.39, 0.29) is 0 Å². The molecule has 5 nitrogen and oxygen atoms in total. The molecule has 1 aliphatic carbocycles. The molecule has 0 radical (unpaired) electrons. The Kier molecular flexibility index (Phi) is 5.31. The van der Waals surface area contributed by atoms with Crippen LogP contribution in [0.2, 0.25) is 0 Å². The molecule has 0 aliphatic heterocycles. The summed E-state index contributed by atoms with van der Waals surface area (Å²) in [5, 5.41) is 3.15. The maximum Gasteiger partial charge on any atom is 0.225 e. The fourth-order valence-electron chi connectivity index (χ4n) is 2.49. The van der Waals surface area contributed by atoms with E-state index in [4.69, 9.17) is 9.72 Å². The molecule has 1 heterocycles. The highest BCUT2D eigenvalue weighted by Crippen LogP contribution is 2.36. The first-order valence-electron chi connectivity index (χ1n) is 7.40. The zero-order valence-corrected chi connectivity index (χ0v) is 13.0. The summed E-state index contributed by atoms with van der Waals surface area (Å²) in [6, 6.07) is 0.486. The van der Waals surface area contributed by atoms with Gasteiger partial charge in [-0.3, -0.25) is 0 Å². The predicted octanol–water partition coefficient (Wildman–Crippen LogP) is 1.76. The van der Waals surface area contributed by atoms with E-state index in [2.05, 4.69) is 22.1 Å². The van der Waals surface area contributed by atoms with Gasteiger partial charge in [-0.25, -0.2) is 9.97 Å². The van der Waals surface area contributed by atoms with Crippen molar-refractivity contribution >= 4 is 5.95 Å². The third kappa shape index (κ3) is 3.67. The van der Waals surface area contributed by atoms with Gasteiger partial charge in [-0.15, -0.1) is 0 Å². The summed E-state index contributed by atoms with van der Waals surface area (Å²) in [4.78, 5) is 11.5. The first kappa shape index (κ1) is 15.2. The minimum absolute atomic E-state index is 0.486. The molecule has 20 heavy (non-hydrogen) atoms. The van der Waals surface area contributed by atoms with Gasteiger partial charge in [0, 0.05) is 43.7 Å². The average molecular weight is 278 g/mol. The predicted molar refractivity (Wildman–Crippen MR) is 80.9 cm³/mol. The number of anilines is 1. The second kappa shape index (κ2) is 6.99. The van der Waals surface area contributed by atoms with Gasteiger partial charge in [-0.1, -0.05) is 0 Å². The van der Waals surface area contributed by atoms with E-state index in [0.717, 1.165) is 36.2 Å². The molecule has 0 aromatic carbocycles. The Bertz CT molecular complexity index is 434. The fraction of sp³-hybridized carbons (Fsp3) is 0.733. The summed E-state index contributed by atoms with van der Waals surface area (Å²) in [7, 11) is 3.68. The number of rotatable bonds is 8. The summed E-state index contributed by atoms with van der Waals surface area (Å²) in [5.41, 5.74) is 2.21. The van der Waals surface area contributed by atoms with Gasteiger partial charge in [0.25, 0.3) is 0 Å². The lowest BCUT2D eigenvalue weighted by atomic mass is 10.2. The molecular weight excluding hydrogens is 252 g/mol. The number of nitrogens with one attached hydrogen (secondary N) is 1. The molecule has 1 aromatic heterocycles. The molecule has 2 rings (SSSR count). The summed E-state index contributed by atoms with van der Waals surface area (Å²) >= 11 is 0. The topological polar surface area (TPSA) is 50.3 Å². The van der Waals surface area contributed by atoms with Crippen LogP contribution in [-0.2, 0) is 11.3 Å². The Morgan fingerprint density at radius 3 is 2.80 bits per heavy atom. The van der Waals surface area contributed by atoms with Crippen LogP contribution in [0.1, 0.15) is 31.0 Å². The average Bonchev–Trinajstić information content (AvgIpc) is 3.26. The van der Waals surface area contributed by atoms with Crippen molar-refractivity contribution in [1.29, 1.82) is 0 Å². The Morgan fingerprint density at radius 1 is 1.50 bits per heavy atom. The van der Waals surface area contributed by atoms with Crippen molar-refractivity contribution in [2.75, 3.05) is 32.2 Å². The molecule has 0 bridgehead atoms. The van der Waals surface area contributed by atoms with Gasteiger partial charge >= 0.3 is 0 Å². The van der Waals surface area contributed by atoms with E-state index in [0.29, 0.717) is 12.6 Å². The van der Waals surface area contributed by atoms with E-state index in [1.165, 1.54) is 12.8 Å². The van der Waals surface area contributed by atoms with Gasteiger partial charge in [0.1, 0.15) is 0 Å². The molecule has 0 spiro atoms. The molecule has 112 valence electrons. The van der Waals surface area contributed by atoms with E-state index in [9.17, 15) is 0 Å². The summed E-state index contributed by atoms with van der Waals surface area (Å²) < 4.78 is 5.23. The van der Waals surface area contributed by atoms with Crippen LogP contribution in [0, 0.1) is 12.8 Å². The number of aromatic nitrogens is 2. The fourth-order valence-corrected chi connectivity index (χ4v) is 2.49. The maximum atomic E-state index is 5.23. The number of hydrogen-bond acceptors (Lipinski definition) is 5. The van der Waals surface area contributed by atoms with Gasteiger partial charge in [-0.2, -0.15) is 0 Å². The lowest BCUT2D eigenvalue weighted by Gasteiger charge is -2.29. The van der Waals surface area contributed by atoms with Crippen LogP contribution in [-0.4, -0.2) is 43.3 Å². The summed E-state index contributed by atoms with van der Waals surface area (Å²) in [6.07, 6.45) is 4.58. The number of methoxy groups -OCH3 is 1. The first-order chi connectivity index (χ1) is 9.67. The van der Waals surface area contributed by atoms with Gasteiger partial charge in [-0.05, 0) is 39.7 Å². The summed E-state index contributed by atoms with van der Waals surface area (Å²) in [5.74, 6) is 1.62. The van der Waals surface area contributed by atoms with Gasteiger partial charge in [0.2, 0.25) is 5.95 Å². The highest BCUT2D eigenvalue weighted by atomic mass is 16.5. The number of hydrogen-bond donors (Lipinski definition) is 1. The highest BCUT2D eigenvalue weighted by Gasteiger charge is 2.33. The van der Waals surface area contributed by atoms with Crippen molar-refractivity contribution in [2.24, 2.45) is 5.92 Å². The van der Waals surface area contributed by atoms with Crippen molar-refractivity contribution in [3.63, 3.8) is 0 Å². The van der Waals surface area contributed by atoms with Crippen molar-refractivity contribution < 1.29 is 4.74 Å². The SMILES string of the molecule is CNCc1cnc(N(CCOC)C(C)C2CC2)nc1C. The summed E-state index contributed by atoms with van der Waals surface area (Å²) in [6.45, 7) is 6.68. The normalized spacial score (nSPS) is 16.2. The van der Waals surface area contributed by atoms with Gasteiger partial charge in [0.05, 0.1) is 6.61 Å². The standard InChI is InChI=1S/C15H26N4O/c1-11-14(9-16-3)10-17-15(18-11)19(7-8-20-4)12(2)13-5-6-13/h10,12-13,16H,5-9H2,1-4H3. The Labute approximate surface area is 121 Å². The second-order valence-electron chi connectivity index (χ2n) is 5.58. The third-order valence-corrected chi connectivity index (χ3v) is 4.02. The van der Waals surface area contributed by atoms with Gasteiger partial charge < -0.3 is 15.0 Å². The molecule has 1 saturated carbocycles. The van der Waals surface area contributed by atoms with E-state index < -0.39 is 0 Å². The van der Waals surface area contributed by atoms with Crippen LogP contribution in [0.15, 0.2) is 6.20 Å². The molecule has 0 saturated heterocycles. The zero-order valence-electron chi connectivity index (χ0n) is 13.0. The molecule has 1 aromatic rings. The van der Waals surface area contributed by atoms with Crippen LogP contribution >= 0.6 is 0 Å². The maximum absolute atomic E-state index is 5.23. The van der Waals surface area contributed by atoms with E-state index >= 15 is 0 Å². The van der Waals surface area contributed by atoms with Crippen LogP contribution in [0.5, 0.6) is 0 Å². The number of ether oxygens (including phenoxy) is 1. The highest BCUT2D eigenvalue weighted by molar-refractivity contribution is 5.35.